The summed E-state index contributed by atoms with van der Waals surface area (Å²) >= 11 is 0. The van der Waals surface area contributed by atoms with E-state index in [1.54, 1.807) is 6.07 Å². The Hall–Kier alpha value is -0.380. The van der Waals surface area contributed by atoms with Crippen LogP contribution in [0.15, 0.2) is 18.2 Å². The fraction of sp³-hybridized carbons (Fsp3) is 0.462. The van der Waals surface area contributed by atoms with Gasteiger partial charge in [-0.05, 0) is 24.6 Å². The molecule has 17 heavy (non-hydrogen) atoms. The van der Waals surface area contributed by atoms with Crippen molar-refractivity contribution < 1.29 is 13.9 Å². The molecule has 0 spiro atoms. The minimum atomic E-state index is -0.472. The predicted molar refractivity (Wildman–Crippen MR) is 68.6 cm³/mol. The molecule has 1 aromatic rings. The van der Waals surface area contributed by atoms with E-state index in [-0.39, 0.29) is 35.3 Å². The van der Waals surface area contributed by atoms with E-state index in [1.807, 2.05) is 0 Å². The van der Waals surface area contributed by atoms with Crippen LogP contribution in [-0.2, 0) is 0 Å². The Bertz CT molecular complexity index is 342. The molecule has 0 amide bonds. The van der Waals surface area contributed by atoms with Crippen LogP contribution in [0.4, 0.5) is 4.39 Å². The van der Waals surface area contributed by atoms with E-state index in [0.717, 1.165) is 12.8 Å². The standard InChI is InChI=1S/C13H17FO2.Na.H/c1-2-3-4-5-8-16-13-7-6-11(10-15)9-12(13)14;;/h6-7,9-10H,2-5,8H2,1H3;;. The second kappa shape index (κ2) is 9.63. The van der Waals surface area contributed by atoms with E-state index in [1.165, 1.54) is 25.0 Å². The fourth-order valence-corrected chi connectivity index (χ4v) is 1.42. The molecule has 0 heterocycles. The van der Waals surface area contributed by atoms with Gasteiger partial charge in [0.15, 0.2) is 11.6 Å². The maximum atomic E-state index is 13.3. The second-order valence-electron chi connectivity index (χ2n) is 3.72. The van der Waals surface area contributed by atoms with Gasteiger partial charge in [0.25, 0.3) is 0 Å². The quantitative estimate of drug-likeness (QED) is 0.421. The van der Waals surface area contributed by atoms with Gasteiger partial charge in [-0.15, -0.1) is 0 Å². The van der Waals surface area contributed by atoms with Crippen LogP contribution in [0.1, 0.15) is 43.0 Å². The topological polar surface area (TPSA) is 26.3 Å². The van der Waals surface area contributed by atoms with Crippen molar-refractivity contribution in [2.24, 2.45) is 0 Å². The number of hydrogen-bond acceptors (Lipinski definition) is 2. The van der Waals surface area contributed by atoms with E-state index in [4.69, 9.17) is 4.74 Å². The van der Waals surface area contributed by atoms with Crippen LogP contribution in [0, 0.1) is 5.82 Å². The van der Waals surface area contributed by atoms with Gasteiger partial charge in [0.1, 0.15) is 6.29 Å². The van der Waals surface area contributed by atoms with Gasteiger partial charge >= 0.3 is 29.6 Å². The summed E-state index contributed by atoms with van der Waals surface area (Å²) in [7, 11) is 0. The summed E-state index contributed by atoms with van der Waals surface area (Å²) in [5.74, 6) is -0.248. The normalized spacial score (nSPS) is 9.53. The molecule has 0 fully saturated rings. The van der Waals surface area contributed by atoms with Crippen LogP contribution in [-0.4, -0.2) is 42.5 Å². The summed E-state index contributed by atoms with van der Waals surface area (Å²) in [5.41, 5.74) is 0.329. The van der Waals surface area contributed by atoms with Crippen molar-refractivity contribution in [3.63, 3.8) is 0 Å². The molecule has 0 atom stereocenters. The van der Waals surface area contributed by atoms with Gasteiger partial charge in [0.05, 0.1) is 6.61 Å². The summed E-state index contributed by atoms with van der Waals surface area (Å²) in [5, 5.41) is 0. The van der Waals surface area contributed by atoms with Crippen molar-refractivity contribution in [3.8, 4) is 5.75 Å². The number of aldehydes is 1. The molecule has 0 aliphatic carbocycles. The zero-order chi connectivity index (χ0) is 11.8. The summed E-state index contributed by atoms with van der Waals surface area (Å²) in [6.45, 7) is 2.66. The number of halogens is 1. The van der Waals surface area contributed by atoms with Gasteiger partial charge in [-0.3, -0.25) is 4.79 Å². The Kier molecular flexibility index (Phi) is 9.41. The van der Waals surface area contributed by atoms with Gasteiger partial charge in [-0.25, -0.2) is 4.39 Å². The third-order valence-electron chi connectivity index (χ3n) is 2.35. The summed E-state index contributed by atoms with van der Waals surface area (Å²) in [4.78, 5) is 10.4. The van der Waals surface area contributed by atoms with Crippen LogP contribution >= 0.6 is 0 Å². The Morgan fingerprint density at radius 3 is 2.65 bits per heavy atom. The van der Waals surface area contributed by atoms with Crippen molar-refractivity contribution in [1.29, 1.82) is 0 Å². The van der Waals surface area contributed by atoms with Gasteiger partial charge in [0.2, 0.25) is 0 Å². The van der Waals surface area contributed by atoms with Gasteiger partial charge < -0.3 is 4.74 Å². The number of rotatable bonds is 7. The Morgan fingerprint density at radius 2 is 2.06 bits per heavy atom. The number of unbranched alkanes of at least 4 members (excludes halogenated alkanes) is 3. The third-order valence-corrected chi connectivity index (χ3v) is 2.35. The molecular formula is C13H18FNaO2. The number of ether oxygens (including phenoxy) is 1. The minimum absolute atomic E-state index is 0. The zero-order valence-corrected chi connectivity index (χ0v) is 9.54. The molecule has 0 unspecified atom stereocenters. The van der Waals surface area contributed by atoms with E-state index < -0.39 is 5.82 Å². The summed E-state index contributed by atoms with van der Waals surface area (Å²) in [6, 6.07) is 4.24. The SMILES string of the molecule is CCCCCCOc1ccc(C=O)cc1F.[NaH]. The molecule has 90 valence electrons. The number of hydrogen-bond donors (Lipinski definition) is 0. The zero-order valence-electron chi connectivity index (χ0n) is 9.54. The maximum absolute atomic E-state index is 13.3. The monoisotopic (exact) mass is 248 g/mol. The molecule has 0 aliphatic rings. The first-order valence-corrected chi connectivity index (χ1v) is 5.65. The molecule has 1 rings (SSSR count). The summed E-state index contributed by atoms with van der Waals surface area (Å²) in [6.07, 6.45) is 5.00. The van der Waals surface area contributed by atoms with E-state index in [0.29, 0.717) is 18.5 Å². The molecule has 0 saturated carbocycles. The van der Waals surface area contributed by atoms with Crippen LogP contribution in [0.25, 0.3) is 0 Å². The van der Waals surface area contributed by atoms with Gasteiger partial charge in [-0.2, -0.15) is 0 Å². The molecule has 1 aromatic carbocycles. The molecular weight excluding hydrogens is 230 g/mol. The second-order valence-corrected chi connectivity index (χ2v) is 3.72. The van der Waals surface area contributed by atoms with E-state index in [2.05, 4.69) is 6.92 Å². The molecule has 0 saturated heterocycles. The third kappa shape index (κ3) is 6.20. The molecule has 0 bridgehead atoms. The van der Waals surface area contributed by atoms with Gasteiger partial charge in [-0.1, -0.05) is 26.2 Å². The predicted octanol–water partition coefficient (Wildman–Crippen LogP) is 2.95. The molecule has 0 aromatic heterocycles. The number of carbonyl (C=O) groups excluding carboxylic acids is 1. The van der Waals surface area contributed by atoms with Crippen molar-refractivity contribution in [1.82, 2.24) is 0 Å². The van der Waals surface area contributed by atoms with E-state index in [9.17, 15) is 9.18 Å². The summed E-state index contributed by atoms with van der Waals surface area (Å²) < 4.78 is 18.6. The van der Waals surface area contributed by atoms with Gasteiger partial charge in [0, 0.05) is 5.56 Å². The van der Waals surface area contributed by atoms with Crippen molar-refractivity contribution in [2.75, 3.05) is 6.61 Å². The molecule has 0 N–H and O–H groups in total. The number of carbonyl (C=O) groups is 1. The molecule has 0 aliphatic heterocycles. The van der Waals surface area contributed by atoms with Crippen LogP contribution in [0.2, 0.25) is 0 Å². The van der Waals surface area contributed by atoms with Crippen molar-refractivity contribution >= 4 is 35.8 Å². The van der Waals surface area contributed by atoms with Crippen molar-refractivity contribution in [2.45, 2.75) is 32.6 Å². The van der Waals surface area contributed by atoms with Crippen LogP contribution < -0.4 is 4.74 Å². The molecule has 2 nitrogen and oxygen atoms in total. The first-order valence-electron chi connectivity index (χ1n) is 5.65. The first kappa shape index (κ1) is 16.6. The van der Waals surface area contributed by atoms with Crippen LogP contribution in [0.3, 0.4) is 0 Å². The fourth-order valence-electron chi connectivity index (χ4n) is 1.42. The molecule has 0 radical (unpaired) electrons. The van der Waals surface area contributed by atoms with Crippen LogP contribution in [0.5, 0.6) is 5.75 Å². The first-order chi connectivity index (χ1) is 7.77. The average Bonchev–Trinajstić information content (AvgIpc) is 2.30. The van der Waals surface area contributed by atoms with E-state index >= 15 is 0 Å². The molecule has 4 heteroatoms. The Morgan fingerprint density at radius 1 is 1.29 bits per heavy atom. The Balaban J connectivity index is 0.00000256. The average molecular weight is 248 g/mol. The number of benzene rings is 1. The Labute approximate surface area is 124 Å². The van der Waals surface area contributed by atoms with Crippen molar-refractivity contribution in [3.05, 3.63) is 29.6 Å².